The lowest BCUT2D eigenvalue weighted by molar-refractivity contribution is 0.260. The molecule has 1 unspecified atom stereocenters. The van der Waals surface area contributed by atoms with Gasteiger partial charge < -0.3 is 15.0 Å². The maximum Gasteiger partial charge on any atom is 0.121 e. The molecule has 0 saturated carbocycles. The first kappa shape index (κ1) is 11.3. The molecule has 16 heavy (non-hydrogen) atoms. The van der Waals surface area contributed by atoms with Crippen LogP contribution in [0.1, 0.15) is 6.42 Å². The Hall–Kier alpha value is -1.22. The van der Waals surface area contributed by atoms with Crippen LogP contribution in [-0.2, 0) is 0 Å². The summed E-state index contributed by atoms with van der Waals surface area (Å²) in [6.45, 7) is 3.04. The van der Waals surface area contributed by atoms with Crippen molar-refractivity contribution in [1.29, 1.82) is 0 Å². The minimum absolute atomic E-state index is 0.669. The number of nitrogens with zero attached hydrogens (tertiary/aromatic N) is 1. The lowest BCUT2D eigenvalue weighted by Crippen LogP contribution is -2.15. The van der Waals surface area contributed by atoms with Crippen LogP contribution in [0.3, 0.4) is 0 Å². The molecule has 0 radical (unpaired) electrons. The fraction of sp³-hybridized carbons (Fsp3) is 0.538. The summed E-state index contributed by atoms with van der Waals surface area (Å²) < 4.78 is 5.81. The van der Waals surface area contributed by atoms with Crippen molar-refractivity contribution in [3.63, 3.8) is 0 Å². The third-order valence-electron chi connectivity index (χ3n) is 2.98. The van der Waals surface area contributed by atoms with Gasteiger partial charge in [0.2, 0.25) is 0 Å². The van der Waals surface area contributed by atoms with Crippen molar-refractivity contribution >= 4 is 5.69 Å². The van der Waals surface area contributed by atoms with E-state index in [2.05, 4.69) is 22.3 Å². The van der Waals surface area contributed by atoms with E-state index >= 15 is 0 Å². The largest absolute Gasteiger partial charge is 0.493 e. The van der Waals surface area contributed by atoms with E-state index in [0.717, 1.165) is 25.4 Å². The lowest BCUT2D eigenvalue weighted by atomic mass is 10.1. The molecule has 1 aromatic rings. The van der Waals surface area contributed by atoms with Crippen molar-refractivity contribution < 1.29 is 4.74 Å². The van der Waals surface area contributed by atoms with Gasteiger partial charge in [-0.25, -0.2) is 0 Å². The quantitative estimate of drug-likeness (QED) is 0.836. The summed E-state index contributed by atoms with van der Waals surface area (Å²) in [6.07, 6.45) is 1.23. The molecule has 1 N–H and O–H groups in total. The third kappa shape index (κ3) is 2.89. The molecule has 1 aromatic carbocycles. The van der Waals surface area contributed by atoms with Crippen molar-refractivity contribution in [3.05, 3.63) is 24.3 Å². The van der Waals surface area contributed by atoms with E-state index in [1.165, 1.54) is 12.1 Å². The molecular formula is C13H20N2O. The summed E-state index contributed by atoms with van der Waals surface area (Å²) >= 11 is 0. The Kier molecular flexibility index (Phi) is 3.67. The minimum Gasteiger partial charge on any atom is -0.493 e. The Morgan fingerprint density at radius 3 is 3.00 bits per heavy atom. The summed E-state index contributed by atoms with van der Waals surface area (Å²) in [4.78, 5) is 2.09. The number of hydrogen-bond donors (Lipinski definition) is 1. The van der Waals surface area contributed by atoms with Gasteiger partial charge in [0.25, 0.3) is 0 Å². The first-order chi connectivity index (χ1) is 7.75. The van der Waals surface area contributed by atoms with Gasteiger partial charge >= 0.3 is 0 Å². The van der Waals surface area contributed by atoms with Gasteiger partial charge in [0.1, 0.15) is 5.75 Å². The van der Waals surface area contributed by atoms with Gasteiger partial charge in [-0.3, -0.25) is 0 Å². The van der Waals surface area contributed by atoms with Gasteiger partial charge in [-0.05, 0) is 25.1 Å². The number of nitrogens with one attached hydrogen (secondary N) is 1. The van der Waals surface area contributed by atoms with Gasteiger partial charge in [0, 0.05) is 38.3 Å². The van der Waals surface area contributed by atoms with Crippen LogP contribution in [0.5, 0.6) is 5.75 Å². The highest BCUT2D eigenvalue weighted by Crippen LogP contribution is 2.20. The molecule has 3 heteroatoms. The summed E-state index contributed by atoms with van der Waals surface area (Å²) in [5.74, 6) is 1.64. The average Bonchev–Trinajstić information content (AvgIpc) is 2.79. The highest BCUT2D eigenvalue weighted by atomic mass is 16.5. The molecule has 1 fully saturated rings. The van der Waals surface area contributed by atoms with E-state index in [1.807, 2.05) is 26.2 Å². The van der Waals surface area contributed by atoms with E-state index in [4.69, 9.17) is 4.74 Å². The van der Waals surface area contributed by atoms with Crippen LogP contribution >= 0.6 is 0 Å². The molecule has 0 aromatic heterocycles. The predicted octanol–water partition coefficient (Wildman–Crippen LogP) is 1.74. The van der Waals surface area contributed by atoms with Crippen LogP contribution < -0.4 is 15.0 Å². The zero-order valence-electron chi connectivity index (χ0n) is 10.1. The van der Waals surface area contributed by atoms with Crippen LogP contribution in [0, 0.1) is 5.92 Å². The molecule has 1 aliphatic rings. The Morgan fingerprint density at radius 2 is 2.31 bits per heavy atom. The van der Waals surface area contributed by atoms with Gasteiger partial charge in [-0.15, -0.1) is 0 Å². The SMILES string of the molecule is CN(C)c1cccc(OCC2CCNC2)c1. The standard InChI is InChI=1S/C13H20N2O/c1-15(2)12-4-3-5-13(8-12)16-10-11-6-7-14-9-11/h3-5,8,11,14H,6-7,9-10H2,1-2H3. The van der Waals surface area contributed by atoms with Crippen LogP contribution in [0.15, 0.2) is 24.3 Å². The van der Waals surface area contributed by atoms with E-state index in [9.17, 15) is 0 Å². The van der Waals surface area contributed by atoms with Crippen molar-refractivity contribution in [2.75, 3.05) is 38.7 Å². The second-order valence-electron chi connectivity index (χ2n) is 4.56. The van der Waals surface area contributed by atoms with Crippen LogP contribution in [0.25, 0.3) is 0 Å². The molecular weight excluding hydrogens is 200 g/mol. The van der Waals surface area contributed by atoms with Crippen LogP contribution in [-0.4, -0.2) is 33.8 Å². The zero-order chi connectivity index (χ0) is 11.4. The van der Waals surface area contributed by atoms with E-state index in [1.54, 1.807) is 0 Å². The molecule has 0 aliphatic carbocycles. The molecule has 0 bridgehead atoms. The monoisotopic (exact) mass is 220 g/mol. The highest BCUT2D eigenvalue weighted by Gasteiger charge is 2.14. The van der Waals surface area contributed by atoms with E-state index < -0.39 is 0 Å². The van der Waals surface area contributed by atoms with Crippen molar-refractivity contribution in [3.8, 4) is 5.75 Å². The fourth-order valence-corrected chi connectivity index (χ4v) is 1.92. The number of hydrogen-bond acceptors (Lipinski definition) is 3. The average molecular weight is 220 g/mol. The van der Waals surface area contributed by atoms with E-state index in [-0.39, 0.29) is 0 Å². The zero-order valence-corrected chi connectivity index (χ0v) is 10.1. The van der Waals surface area contributed by atoms with Gasteiger partial charge in [0.15, 0.2) is 0 Å². The molecule has 2 rings (SSSR count). The molecule has 1 saturated heterocycles. The number of ether oxygens (including phenoxy) is 1. The molecule has 3 nitrogen and oxygen atoms in total. The Morgan fingerprint density at radius 1 is 1.44 bits per heavy atom. The number of anilines is 1. The minimum atomic E-state index is 0.669. The summed E-state index contributed by atoms with van der Waals surface area (Å²) in [5.41, 5.74) is 1.18. The van der Waals surface area contributed by atoms with Crippen LogP contribution in [0.4, 0.5) is 5.69 Å². The normalized spacial score (nSPS) is 19.8. The molecule has 1 heterocycles. The summed E-state index contributed by atoms with van der Waals surface area (Å²) in [5, 5.41) is 3.35. The predicted molar refractivity (Wildman–Crippen MR) is 67.2 cm³/mol. The van der Waals surface area contributed by atoms with Gasteiger partial charge in [-0.1, -0.05) is 6.07 Å². The third-order valence-corrected chi connectivity index (χ3v) is 2.98. The molecule has 88 valence electrons. The highest BCUT2D eigenvalue weighted by molar-refractivity contribution is 5.49. The first-order valence-electron chi connectivity index (χ1n) is 5.86. The lowest BCUT2D eigenvalue weighted by Gasteiger charge is -2.15. The fourth-order valence-electron chi connectivity index (χ4n) is 1.92. The first-order valence-corrected chi connectivity index (χ1v) is 5.86. The van der Waals surface area contributed by atoms with Crippen molar-refractivity contribution in [2.24, 2.45) is 5.92 Å². The smallest absolute Gasteiger partial charge is 0.121 e. The van der Waals surface area contributed by atoms with Crippen LogP contribution in [0.2, 0.25) is 0 Å². The molecule has 0 spiro atoms. The Labute approximate surface area is 97.4 Å². The topological polar surface area (TPSA) is 24.5 Å². The van der Waals surface area contributed by atoms with Crippen molar-refractivity contribution in [2.45, 2.75) is 6.42 Å². The maximum absolute atomic E-state index is 5.81. The summed E-state index contributed by atoms with van der Waals surface area (Å²) in [6, 6.07) is 8.24. The molecule has 1 aliphatic heterocycles. The number of rotatable bonds is 4. The molecule has 0 amide bonds. The Bertz CT molecular complexity index is 332. The molecule has 1 atom stereocenters. The summed E-state index contributed by atoms with van der Waals surface area (Å²) in [7, 11) is 4.08. The van der Waals surface area contributed by atoms with Gasteiger partial charge in [0.05, 0.1) is 6.61 Å². The second kappa shape index (κ2) is 5.21. The van der Waals surface area contributed by atoms with E-state index in [0.29, 0.717) is 5.92 Å². The Balaban J connectivity index is 1.90. The second-order valence-corrected chi connectivity index (χ2v) is 4.56. The van der Waals surface area contributed by atoms with Gasteiger partial charge in [-0.2, -0.15) is 0 Å². The maximum atomic E-state index is 5.81. The number of benzene rings is 1. The van der Waals surface area contributed by atoms with Crippen molar-refractivity contribution in [1.82, 2.24) is 5.32 Å².